The van der Waals surface area contributed by atoms with E-state index in [0.29, 0.717) is 26.1 Å². The van der Waals surface area contributed by atoms with E-state index in [1.165, 1.54) is 88.8 Å². The van der Waals surface area contributed by atoms with Crippen LogP contribution in [0.25, 0.3) is 0 Å². The summed E-state index contributed by atoms with van der Waals surface area (Å²) in [6.45, 7) is 9.41. The SMILES string of the molecule is CCCCCCCCCCOC(=O)C(CC)SC(CC)C(=O)OCCCCCCCCCC. The fraction of sp³-hybridized carbons (Fsp3) is 0.929. The van der Waals surface area contributed by atoms with E-state index >= 15 is 0 Å². The fourth-order valence-electron chi connectivity index (χ4n) is 3.84. The quantitative estimate of drug-likeness (QED) is 0.101. The Morgan fingerprint density at radius 1 is 0.515 bits per heavy atom. The number of thioether (sulfide) groups is 1. The van der Waals surface area contributed by atoms with Crippen molar-refractivity contribution in [2.24, 2.45) is 0 Å². The molecule has 0 aromatic rings. The van der Waals surface area contributed by atoms with Crippen LogP contribution in [-0.4, -0.2) is 35.7 Å². The summed E-state index contributed by atoms with van der Waals surface area (Å²) < 4.78 is 11.0. The molecule has 196 valence electrons. The Bertz CT molecular complexity index is 415. The average Bonchev–Trinajstić information content (AvgIpc) is 2.82. The van der Waals surface area contributed by atoms with E-state index in [2.05, 4.69) is 13.8 Å². The van der Waals surface area contributed by atoms with E-state index in [1.54, 1.807) is 0 Å². The van der Waals surface area contributed by atoms with Crippen LogP contribution in [0.15, 0.2) is 0 Å². The molecule has 0 radical (unpaired) electrons. The van der Waals surface area contributed by atoms with Crippen molar-refractivity contribution in [1.82, 2.24) is 0 Å². The van der Waals surface area contributed by atoms with Crippen molar-refractivity contribution in [2.75, 3.05) is 13.2 Å². The van der Waals surface area contributed by atoms with Gasteiger partial charge in [0.2, 0.25) is 0 Å². The molecule has 33 heavy (non-hydrogen) atoms. The van der Waals surface area contributed by atoms with Gasteiger partial charge in [-0.15, -0.1) is 11.8 Å². The maximum absolute atomic E-state index is 12.5. The molecule has 0 N–H and O–H groups in total. The lowest BCUT2D eigenvalue weighted by Crippen LogP contribution is -2.28. The molecule has 0 rings (SSSR count). The van der Waals surface area contributed by atoms with E-state index in [1.807, 2.05) is 13.8 Å². The van der Waals surface area contributed by atoms with Gasteiger partial charge in [0.1, 0.15) is 10.5 Å². The summed E-state index contributed by atoms with van der Waals surface area (Å²) in [6.07, 6.45) is 20.9. The summed E-state index contributed by atoms with van der Waals surface area (Å²) in [6, 6.07) is 0. The van der Waals surface area contributed by atoms with E-state index < -0.39 is 0 Å². The van der Waals surface area contributed by atoms with Crippen LogP contribution < -0.4 is 0 Å². The Hall–Kier alpha value is -0.710. The van der Waals surface area contributed by atoms with Gasteiger partial charge in [0.15, 0.2) is 0 Å². The number of rotatable bonds is 24. The van der Waals surface area contributed by atoms with Gasteiger partial charge in [0, 0.05) is 0 Å². The van der Waals surface area contributed by atoms with Gasteiger partial charge in [-0.3, -0.25) is 9.59 Å². The second kappa shape index (κ2) is 24.4. The molecule has 0 fully saturated rings. The largest absolute Gasteiger partial charge is 0.465 e. The molecule has 0 spiro atoms. The van der Waals surface area contributed by atoms with Crippen molar-refractivity contribution < 1.29 is 19.1 Å². The highest BCUT2D eigenvalue weighted by Gasteiger charge is 2.27. The van der Waals surface area contributed by atoms with Crippen LogP contribution in [0, 0.1) is 0 Å². The fourth-order valence-corrected chi connectivity index (χ4v) is 4.98. The van der Waals surface area contributed by atoms with E-state index in [9.17, 15) is 9.59 Å². The third kappa shape index (κ3) is 19.3. The number of hydrogen-bond donors (Lipinski definition) is 0. The zero-order chi connectivity index (χ0) is 24.6. The van der Waals surface area contributed by atoms with Gasteiger partial charge in [-0.1, -0.05) is 118 Å². The monoisotopic (exact) mass is 486 g/mol. The molecule has 0 aliphatic carbocycles. The second-order valence-electron chi connectivity index (χ2n) is 9.21. The van der Waals surface area contributed by atoms with Crippen LogP contribution in [-0.2, 0) is 19.1 Å². The normalized spacial score (nSPS) is 13.0. The summed E-state index contributed by atoms with van der Waals surface area (Å²) in [5.74, 6) is -0.362. The van der Waals surface area contributed by atoms with Crippen molar-refractivity contribution in [3.63, 3.8) is 0 Å². The van der Waals surface area contributed by atoms with Crippen molar-refractivity contribution in [2.45, 2.75) is 154 Å². The Labute approximate surface area is 209 Å². The predicted molar refractivity (Wildman–Crippen MR) is 143 cm³/mol. The first-order chi connectivity index (χ1) is 16.1. The Kier molecular flexibility index (Phi) is 23.9. The zero-order valence-corrected chi connectivity index (χ0v) is 23.2. The maximum atomic E-state index is 12.5. The molecule has 0 aromatic heterocycles. The molecule has 2 unspecified atom stereocenters. The lowest BCUT2D eigenvalue weighted by atomic mass is 10.1. The molecule has 0 aliphatic rings. The van der Waals surface area contributed by atoms with Crippen LogP contribution in [0.5, 0.6) is 0 Å². The number of esters is 2. The first-order valence-corrected chi connectivity index (χ1v) is 15.0. The third-order valence-electron chi connectivity index (χ3n) is 6.08. The van der Waals surface area contributed by atoms with Gasteiger partial charge < -0.3 is 9.47 Å². The highest BCUT2D eigenvalue weighted by molar-refractivity contribution is 8.01. The minimum absolute atomic E-state index is 0.181. The molecule has 2 atom stereocenters. The van der Waals surface area contributed by atoms with Gasteiger partial charge >= 0.3 is 11.9 Å². The maximum Gasteiger partial charge on any atom is 0.319 e. The van der Waals surface area contributed by atoms with Crippen LogP contribution in [0.1, 0.15) is 143 Å². The molecule has 0 aromatic carbocycles. The number of ether oxygens (including phenoxy) is 2. The van der Waals surface area contributed by atoms with Gasteiger partial charge in [-0.25, -0.2) is 0 Å². The molecule has 0 bridgehead atoms. The lowest BCUT2D eigenvalue weighted by molar-refractivity contribution is -0.143. The molecular formula is C28H54O4S. The Balaban J connectivity index is 3.97. The molecule has 0 saturated carbocycles. The van der Waals surface area contributed by atoms with Gasteiger partial charge in [0.25, 0.3) is 0 Å². The molecule has 0 aliphatic heterocycles. The molecule has 5 heteroatoms. The predicted octanol–water partition coefficient (Wildman–Crippen LogP) is 8.64. The molecule has 0 amide bonds. The minimum Gasteiger partial charge on any atom is -0.465 e. The molecular weight excluding hydrogens is 432 g/mol. The van der Waals surface area contributed by atoms with E-state index in [-0.39, 0.29) is 22.4 Å². The highest BCUT2D eigenvalue weighted by Crippen LogP contribution is 2.25. The van der Waals surface area contributed by atoms with Gasteiger partial charge in [0.05, 0.1) is 13.2 Å². The van der Waals surface area contributed by atoms with E-state index in [4.69, 9.17) is 9.47 Å². The minimum atomic E-state index is -0.292. The number of carbonyl (C=O) groups is 2. The third-order valence-corrected chi connectivity index (χ3v) is 7.79. The number of unbranched alkanes of at least 4 members (excludes halogenated alkanes) is 14. The average molecular weight is 487 g/mol. The highest BCUT2D eigenvalue weighted by atomic mass is 32.2. The summed E-state index contributed by atoms with van der Waals surface area (Å²) in [5.41, 5.74) is 0. The molecule has 0 heterocycles. The summed E-state index contributed by atoms with van der Waals surface area (Å²) >= 11 is 1.42. The Morgan fingerprint density at radius 2 is 0.818 bits per heavy atom. The number of carbonyl (C=O) groups excluding carboxylic acids is 2. The molecule has 0 saturated heterocycles. The number of hydrogen-bond acceptors (Lipinski definition) is 5. The van der Waals surface area contributed by atoms with Crippen molar-refractivity contribution in [1.29, 1.82) is 0 Å². The molecule has 4 nitrogen and oxygen atoms in total. The van der Waals surface area contributed by atoms with Crippen LogP contribution in [0.3, 0.4) is 0 Å². The summed E-state index contributed by atoms with van der Waals surface area (Å²) in [7, 11) is 0. The smallest absolute Gasteiger partial charge is 0.319 e. The second-order valence-corrected chi connectivity index (χ2v) is 10.6. The topological polar surface area (TPSA) is 52.6 Å². The van der Waals surface area contributed by atoms with Crippen LogP contribution in [0.4, 0.5) is 0 Å². The standard InChI is InChI=1S/C28H54O4S/c1-5-9-11-13-15-17-19-21-23-31-27(29)25(7-3)33-26(8-4)28(30)32-24-22-20-18-16-14-12-10-6-2/h25-26H,5-24H2,1-4H3. The van der Waals surface area contributed by atoms with Crippen LogP contribution >= 0.6 is 11.8 Å². The lowest BCUT2D eigenvalue weighted by Gasteiger charge is -2.19. The van der Waals surface area contributed by atoms with Crippen molar-refractivity contribution in [3.8, 4) is 0 Å². The first-order valence-electron chi connectivity index (χ1n) is 14.1. The van der Waals surface area contributed by atoms with E-state index in [0.717, 1.165) is 25.7 Å². The van der Waals surface area contributed by atoms with Gasteiger partial charge in [-0.2, -0.15) is 0 Å². The van der Waals surface area contributed by atoms with Gasteiger partial charge in [-0.05, 0) is 25.7 Å². The first kappa shape index (κ1) is 32.3. The summed E-state index contributed by atoms with van der Waals surface area (Å²) in [4.78, 5) is 25.0. The van der Waals surface area contributed by atoms with Crippen LogP contribution in [0.2, 0.25) is 0 Å². The van der Waals surface area contributed by atoms with Crippen molar-refractivity contribution >= 4 is 23.7 Å². The summed E-state index contributed by atoms with van der Waals surface area (Å²) in [5, 5.41) is -0.584. The zero-order valence-electron chi connectivity index (χ0n) is 22.3. The Morgan fingerprint density at radius 3 is 1.12 bits per heavy atom. The van der Waals surface area contributed by atoms with Crippen molar-refractivity contribution in [3.05, 3.63) is 0 Å².